The van der Waals surface area contributed by atoms with Crippen molar-refractivity contribution in [2.45, 2.75) is 25.7 Å². The van der Waals surface area contributed by atoms with E-state index in [9.17, 15) is 8.42 Å². The highest BCUT2D eigenvalue weighted by molar-refractivity contribution is 9.10. The van der Waals surface area contributed by atoms with Crippen LogP contribution in [0.1, 0.15) is 16.7 Å². The highest BCUT2D eigenvalue weighted by atomic mass is 79.9. The molecule has 2 aromatic carbocycles. The first-order valence-electron chi connectivity index (χ1n) is 6.91. The molecule has 0 fully saturated rings. The standard InChI is InChI=1S/C17H16BrNO2S/c1-11-8-12(2)17(13(3)9-11)22(20,21)19-7-6-14-4-5-15(18)10-16(14)19/h4-10H,1-3H3. The molecule has 114 valence electrons. The number of aromatic nitrogens is 1. The number of halogens is 1. The maximum Gasteiger partial charge on any atom is 0.268 e. The molecule has 0 aliphatic heterocycles. The maximum atomic E-state index is 13.1. The molecular formula is C17H16BrNO2S. The van der Waals surface area contributed by atoms with Crippen molar-refractivity contribution in [3.63, 3.8) is 0 Å². The van der Waals surface area contributed by atoms with Gasteiger partial charge in [0.2, 0.25) is 0 Å². The first-order chi connectivity index (χ1) is 10.3. The Balaban J connectivity index is 2.32. The summed E-state index contributed by atoms with van der Waals surface area (Å²) in [5.41, 5.74) is 3.28. The van der Waals surface area contributed by atoms with E-state index in [4.69, 9.17) is 0 Å². The topological polar surface area (TPSA) is 39.1 Å². The lowest BCUT2D eigenvalue weighted by Crippen LogP contribution is -2.15. The van der Waals surface area contributed by atoms with Crippen LogP contribution in [0.15, 0.2) is 52.0 Å². The molecule has 1 aromatic heterocycles. The third-order valence-electron chi connectivity index (χ3n) is 3.74. The van der Waals surface area contributed by atoms with E-state index in [1.165, 1.54) is 3.97 Å². The zero-order chi connectivity index (χ0) is 16.1. The summed E-state index contributed by atoms with van der Waals surface area (Å²) in [5.74, 6) is 0. The fourth-order valence-corrected chi connectivity index (χ4v) is 5.07. The normalized spacial score (nSPS) is 12.0. The van der Waals surface area contributed by atoms with Crippen LogP contribution in [0.3, 0.4) is 0 Å². The van der Waals surface area contributed by atoms with Gasteiger partial charge in [-0.1, -0.05) is 39.7 Å². The summed E-state index contributed by atoms with van der Waals surface area (Å²) in [5, 5.41) is 0.897. The van der Waals surface area contributed by atoms with Gasteiger partial charge in [0.15, 0.2) is 0 Å². The van der Waals surface area contributed by atoms with Gasteiger partial charge in [0.25, 0.3) is 10.0 Å². The number of hydrogen-bond donors (Lipinski definition) is 0. The molecule has 0 aliphatic carbocycles. The lowest BCUT2D eigenvalue weighted by atomic mass is 10.1. The molecule has 0 saturated carbocycles. The third-order valence-corrected chi connectivity index (χ3v) is 6.23. The van der Waals surface area contributed by atoms with Crippen molar-refractivity contribution >= 4 is 36.9 Å². The van der Waals surface area contributed by atoms with Crippen LogP contribution in [-0.4, -0.2) is 12.4 Å². The van der Waals surface area contributed by atoms with Crippen LogP contribution in [-0.2, 0) is 10.0 Å². The van der Waals surface area contributed by atoms with Crippen LogP contribution >= 0.6 is 15.9 Å². The monoisotopic (exact) mass is 377 g/mol. The highest BCUT2D eigenvalue weighted by Gasteiger charge is 2.23. The molecule has 0 N–H and O–H groups in total. The van der Waals surface area contributed by atoms with E-state index in [-0.39, 0.29) is 0 Å². The van der Waals surface area contributed by atoms with E-state index in [1.54, 1.807) is 6.20 Å². The Labute approximate surface area is 138 Å². The van der Waals surface area contributed by atoms with Gasteiger partial charge < -0.3 is 0 Å². The summed E-state index contributed by atoms with van der Waals surface area (Å²) < 4.78 is 28.5. The molecule has 1 heterocycles. The Morgan fingerprint density at radius 2 is 1.59 bits per heavy atom. The molecule has 0 amide bonds. The minimum atomic E-state index is -3.62. The van der Waals surface area contributed by atoms with Crippen LogP contribution in [0.4, 0.5) is 0 Å². The second-order valence-electron chi connectivity index (χ2n) is 5.55. The first kappa shape index (κ1) is 15.3. The largest absolute Gasteiger partial charge is 0.268 e. The van der Waals surface area contributed by atoms with Gasteiger partial charge in [-0.3, -0.25) is 0 Å². The second-order valence-corrected chi connectivity index (χ2v) is 8.22. The molecule has 22 heavy (non-hydrogen) atoms. The molecule has 0 aliphatic rings. The smallest absolute Gasteiger partial charge is 0.241 e. The zero-order valence-corrected chi connectivity index (χ0v) is 15.0. The highest BCUT2D eigenvalue weighted by Crippen LogP contribution is 2.28. The average Bonchev–Trinajstić information content (AvgIpc) is 2.80. The third kappa shape index (κ3) is 2.38. The Kier molecular flexibility index (Phi) is 3.65. The van der Waals surface area contributed by atoms with Gasteiger partial charge in [0, 0.05) is 16.1 Å². The Hall–Kier alpha value is -1.59. The van der Waals surface area contributed by atoms with Gasteiger partial charge in [-0.2, -0.15) is 0 Å². The summed E-state index contributed by atoms with van der Waals surface area (Å²) in [6.45, 7) is 5.65. The van der Waals surface area contributed by atoms with Crippen molar-refractivity contribution in [1.82, 2.24) is 3.97 Å². The molecule has 0 unspecified atom stereocenters. The maximum absolute atomic E-state index is 13.1. The molecule has 0 atom stereocenters. The van der Waals surface area contributed by atoms with E-state index < -0.39 is 10.0 Å². The first-order valence-corrected chi connectivity index (χ1v) is 9.14. The summed E-state index contributed by atoms with van der Waals surface area (Å²) >= 11 is 3.40. The molecule has 3 nitrogen and oxygen atoms in total. The van der Waals surface area contributed by atoms with Crippen molar-refractivity contribution in [1.29, 1.82) is 0 Å². The number of aryl methyl sites for hydroxylation is 3. The molecule has 0 saturated heterocycles. The SMILES string of the molecule is Cc1cc(C)c(S(=O)(=O)n2ccc3ccc(Br)cc32)c(C)c1. The van der Waals surface area contributed by atoms with Crippen LogP contribution in [0.5, 0.6) is 0 Å². The van der Waals surface area contributed by atoms with E-state index in [2.05, 4.69) is 15.9 Å². The van der Waals surface area contributed by atoms with Crippen LogP contribution in [0.25, 0.3) is 10.9 Å². The van der Waals surface area contributed by atoms with Crippen molar-refractivity contribution in [2.24, 2.45) is 0 Å². The second kappa shape index (κ2) is 5.25. The molecule has 0 spiro atoms. The number of nitrogens with zero attached hydrogens (tertiary/aromatic N) is 1. The lowest BCUT2D eigenvalue weighted by Gasteiger charge is -2.14. The van der Waals surface area contributed by atoms with Crippen molar-refractivity contribution in [3.8, 4) is 0 Å². The fraction of sp³-hybridized carbons (Fsp3) is 0.176. The fourth-order valence-electron chi connectivity index (χ4n) is 2.96. The minimum Gasteiger partial charge on any atom is -0.241 e. The van der Waals surface area contributed by atoms with Gasteiger partial charge in [-0.05, 0) is 50.1 Å². The van der Waals surface area contributed by atoms with E-state index >= 15 is 0 Å². The quantitative estimate of drug-likeness (QED) is 0.656. The molecule has 3 rings (SSSR count). The van der Waals surface area contributed by atoms with Crippen LogP contribution < -0.4 is 0 Å². The molecule has 3 aromatic rings. The van der Waals surface area contributed by atoms with Gasteiger partial charge in [0.05, 0.1) is 10.4 Å². The summed E-state index contributed by atoms with van der Waals surface area (Å²) in [4.78, 5) is 0.385. The van der Waals surface area contributed by atoms with Gasteiger partial charge in [-0.15, -0.1) is 0 Å². The van der Waals surface area contributed by atoms with E-state index in [1.807, 2.05) is 57.2 Å². The summed E-state index contributed by atoms with van der Waals surface area (Å²) in [7, 11) is -3.62. The molecule has 0 bridgehead atoms. The average molecular weight is 378 g/mol. The molecule has 0 radical (unpaired) electrons. The van der Waals surface area contributed by atoms with Crippen molar-refractivity contribution in [3.05, 3.63) is 63.8 Å². The molecular weight excluding hydrogens is 362 g/mol. The Morgan fingerprint density at radius 3 is 2.23 bits per heavy atom. The predicted octanol–water partition coefficient (Wildman–Crippen LogP) is 4.57. The van der Waals surface area contributed by atoms with E-state index in [0.717, 1.165) is 26.5 Å². The van der Waals surface area contributed by atoms with Crippen LogP contribution in [0, 0.1) is 20.8 Å². The van der Waals surface area contributed by atoms with E-state index in [0.29, 0.717) is 10.4 Å². The zero-order valence-electron chi connectivity index (χ0n) is 12.6. The number of hydrogen-bond acceptors (Lipinski definition) is 2. The van der Waals surface area contributed by atoms with Gasteiger partial charge >= 0.3 is 0 Å². The summed E-state index contributed by atoms with van der Waals surface area (Å²) in [6, 6.07) is 11.3. The van der Waals surface area contributed by atoms with Gasteiger partial charge in [0.1, 0.15) is 0 Å². The number of rotatable bonds is 2. The molecule has 5 heteroatoms. The van der Waals surface area contributed by atoms with Crippen LogP contribution in [0.2, 0.25) is 0 Å². The summed E-state index contributed by atoms with van der Waals surface area (Å²) in [6.07, 6.45) is 1.62. The predicted molar refractivity (Wildman–Crippen MR) is 92.9 cm³/mol. The van der Waals surface area contributed by atoms with Crippen molar-refractivity contribution < 1.29 is 8.42 Å². The Morgan fingerprint density at radius 1 is 0.955 bits per heavy atom. The lowest BCUT2D eigenvalue weighted by molar-refractivity contribution is 0.588. The Bertz CT molecular complexity index is 964. The van der Waals surface area contributed by atoms with Gasteiger partial charge in [-0.25, -0.2) is 12.4 Å². The van der Waals surface area contributed by atoms with Crippen molar-refractivity contribution in [2.75, 3.05) is 0 Å². The number of fused-ring (bicyclic) bond motifs is 1. The number of benzene rings is 2. The minimum absolute atomic E-state index is 0.385.